The molecule has 2 N–H and O–H groups in total. The number of nitrogens with zero attached hydrogens (tertiary/aromatic N) is 1. The van der Waals surface area contributed by atoms with Crippen LogP contribution >= 0.6 is 0 Å². The average Bonchev–Trinajstić information content (AvgIpc) is 2.60. The molecule has 0 aliphatic carbocycles. The molecule has 7 heteroatoms. The first kappa shape index (κ1) is 20.6. The molecule has 1 aliphatic heterocycles. The highest BCUT2D eigenvalue weighted by Gasteiger charge is 2.48. The topological polar surface area (TPSA) is 55.6 Å². The van der Waals surface area contributed by atoms with Crippen LogP contribution in [0.2, 0.25) is 0 Å². The first-order valence-electron chi connectivity index (χ1n) is 9.17. The van der Waals surface area contributed by atoms with E-state index in [9.17, 15) is 18.0 Å². The fourth-order valence-corrected chi connectivity index (χ4v) is 3.42. The number of ether oxygens (including phenoxy) is 1. The molecule has 2 atom stereocenters. The van der Waals surface area contributed by atoms with Crippen molar-refractivity contribution < 1.29 is 22.7 Å². The van der Waals surface area contributed by atoms with Gasteiger partial charge >= 0.3 is 12.1 Å². The lowest BCUT2D eigenvalue weighted by Gasteiger charge is -2.34. The highest BCUT2D eigenvalue weighted by Crippen LogP contribution is 2.33. The predicted octanol–water partition coefficient (Wildman–Crippen LogP) is 4.26. The molecule has 0 aromatic heterocycles. The second-order valence-electron chi connectivity index (χ2n) is 6.90. The summed E-state index contributed by atoms with van der Waals surface area (Å²) in [6.45, 7) is 3.75. The molecule has 4 nitrogen and oxygen atoms in total. The molecule has 1 fully saturated rings. The van der Waals surface area contributed by atoms with Crippen LogP contribution in [0.4, 0.5) is 18.9 Å². The Kier molecular flexibility index (Phi) is 7.32. The van der Waals surface area contributed by atoms with Crippen molar-refractivity contribution in [2.45, 2.75) is 51.3 Å². The second-order valence-corrected chi connectivity index (χ2v) is 6.90. The zero-order valence-electron chi connectivity index (χ0n) is 15.1. The van der Waals surface area contributed by atoms with E-state index >= 15 is 0 Å². The van der Waals surface area contributed by atoms with Gasteiger partial charge in [0.25, 0.3) is 0 Å². The number of benzene rings is 1. The maximum Gasteiger partial charge on any atom is 0.425 e. The summed E-state index contributed by atoms with van der Waals surface area (Å²) < 4.78 is 46.0. The Labute approximate surface area is 152 Å². The third kappa shape index (κ3) is 5.90. The molecule has 1 aliphatic rings. The summed E-state index contributed by atoms with van der Waals surface area (Å²) >= 11 is 0. The number of alkyl halides is 3. The molecule has 146 valence electrons. The lowest BCUT2D eigenvalue weighted by Crippen LogP contribution is -2.46. The van der Waals surface area contributed by atoms with Crippen LogP contribution in [0.1, 0.15) is 49.4 Å². The SMILES string of the molecule is CCC[C@H](CN1CCCCC1)[C@@H](OC(=O)c1ccc(N)cc1)C(F)(F)F. The fourth-order valence-electron chi connectivity index (χ4n) is 3.42. The zero-order chi connectivity index (χ0) is 19.2. The molecular formula is C19H27F3N2O2. The molecule has 0 spiro atoms. The van der Waals surface area contributed by atoms with Gasteiger partial charge in [-0.3, -0.25) is 0 Å². The van der Waals surface area contributed by atoms with Gasteiger partial charge in [0.15, 0.2) is 0 Å². The Hall–Kier alpha value is -1.76. The molecule has 0 radical (unpaired) electrons. The normalized spacial score (nSPS) is 18.3. The monoisotopic (exact) mass is 372 g/mol. The molecule has 1 heterocycles. The van der Waals surface area contributed by atoms with Crippen LogP contribution in [0.3, 0.4) is 0 Å². The van der Waals surface area contributed by atoms with E-state index < -0.39 is 24.2 Å². The van der Waals surface area contributed by atoms with Gasteiger partial charge in [0.05, 0.1) is 5.56 Å². The van der Waals surface area contributed by atoms with Gasteiger partial charge < -0.3 is 15.4 Å². The quantitative estimate of drug-likeness (QED) is 0.574. The van der Waals surface area contributed by atoms with Gasteiger partial charge in [-0.05, 0) is 56.6 Å². The number of anilines is 1. The minimum absolute atomic E-state index is 0.0710. The van der Waals surface area contributed by atoms with Gasteiger partial charge in [-0.2, -0.15) is 13.2 Å². The smallest absolute Gasteiger partial charge is 0.425 e. The van der Waals surface area contributed by atoms with E-state index in [0.29, 0.717) is 25.1 Å². The van der Waals surface area contributed by atoms with Crippen molar-refractivity contribution in [3.05, 3.63) is 29.8 Å². The Morgan fingerprint density at radius 3 is 2.35 bits per heavy atom. The number of nitrogens with two attached hydrogens (primary N) is 1. The largest absolute Gasteiger partial charge is 0.449 e. The van der Waals surface area contributed by atoms with Crippen molar-refractivity contribution in [3.8, 4) is 0 Å². The Balaban J connectivity index is 2.14. The van der Waals surface area contributed by atoms with Gasteiger partial charge in [0.1, 0.15) is 0 Å². The molecule has 1 saturated heterocycles. The molecule has 0 amide bonds. The van der Waals surface area contributed by atoms with Gasteiger partial charge in [0.2, 0.25) is 6.10 Å². The maximum atomic E-state index is 13.7. The molecule has 1 aromatic carbocycles. The van der Waals surface area contributed by atoms with Crippen molar-refractivity contribution in [3.63, 3.8) is 0 Å². The first-order valence-corrected chi connectivity index (χ1v) is 9.17. The minimum atomic E-state index is -4.60. The number of likely N-dealkylation sites (tertiary alicyclic amines) is 1. The number of piperidine rings is 1. The van der Waals surface area contributed by atoms with E-state index in [-0.39, 0.29) is 5.56 Å². The molecule has 26 heavy (non-hydrogen) atoms. The molecule has 1 aromatic rings. The number of carbonyl (C=O) groups is 1. The lowest BCUT2D eigenvalue weighted by atomic mass is 9.94. The first-order chi connectivity index (χ1) is 12.3. The number of carbonyl (C=O) groups excluding carboxylic acids is 1. The van der Waals surface area contributed by atoms with Crippen LogP contribution in [0.5, 0.6) is 0 Å². The summed E-state index contributed by atoms with van der Waals surface area (Å²) in [6.07, 6.45) is -2.63. The average molecular weight is 372 g/mol. The summed E-state index contributed by atoms with van der Waals surface area (Å²) in [4.78, 5) is 14.3. The molecule has 0 saturated carbocycles. The van der Waals surface area contributed by atoms with Crippen LogP contribution in [0, 0.1) is 5.92 Å². The summed E-state index contributed by atoms with van der Waals surface area (Å²) in [5.74, 6) is -1.73. The van der Waals surface area contributed by atoms with E-state index in [1.165, 1.54) is 24.3 Å². The molecular weight excluding hydrogens is 345 g/mol. The number of rotatable bonds is 7. The summed E-state index contributed by atoms with van der Waals surface area (Å²) in [5, 5.41) is 0. The number of hydrogen-bond acceptors (Lipinski definition) is 4. The number of esters is 1. The molecule has 2 rings (SSSR count). The van der Waals surface area contributed by atoms with Gasteiger partial charge in [-0.15, -0.1) is 0 Å². The van der Waals surface area contributed by atoms with Crippen LogP contribution in [0.25, 0.3) is 0 Å². The van der Waals surface area contributed by atoms with E-state index in [2.05, 4.69) is 4.90 Å². The van der Waals surface area contributed by atoms with E-state index in [1.807, 2.05) is 6.92 Å². The summed E-state index contributed by atoms with van der Waals surface area (Å²) in [6, 6.07) is 5.70. The number of hydrogen-bond donors (Lipinski definition) is 1. The number of halogens is 3. The standard InChI is InChI=1S/C19H27F3N2O2/c1-2-6-15(13-24-11-4-3-5-12-24)17(19(20,21)22)26-18(25)14-7-9-16(23)10-8-14/h7-10,15,17H,2-6,11-13,23H2,1H3/t15-,17-/m1/s1. The molecule has 0 bridgehead atoms. The molecule has 0 unspecified atom stereocenters. The van der Waals surface area contributed by atoms with Crippen LogP contribution in [-0.4, -0.2) is 42.8 Å². The minimum Gasteiger partial charge on any atom is -0.449 e. The Morgan fingerprint density at radius 1 is 1.19 bits per heavy atom. The van der Waals surface area contributed by atoms with Crippen molar-refractivity contribution in [1.29, 1.82) is 0 Å². The van der Waals surface area contributed by atoms with Crippen molar-refractivity contribution in [2.24, 2.45) is 5.92 Å². The van der Waals surface area contributed by atoms with Crippen molar-refractivity contribution >= 4 is 11.7 Å². The highest BCUT2D eigenvalue weighted by molar-refractivity contribution is 5.89. The predicted molar refractivity (Wildman–Crippen MR) is 94.8 cm³/mol. The van der Waals surface area contributed by atoms with Crippen LogP contribution < -0.4 is 5.73 Å². The third-order valence-corrected chi connectivity index (χ3v) is 4.73. The van der Waals surface area contributed by atoms with Crippen LogP contribution in [-0.2, 0) is 4.74 Å². The van der Waals surface area contributed by atoms with Gasteiger partial charge in [0, 0.05) is 18.2 Å². The Bertz CT molecular complexity index is 569. The highest BCUT2D eigenvalue weighted by atomic mass is 19.4. The van der Waals surface area contributed by atoms with Crippen LogP contribution in [0.15, 0.2) is 24.3 Å². The summed E-state index contributed by atoms with van der Waals surface area (Å²) in [5.41, 5.74) is 6.06. The van der Waals surface area contributed by atoms with Gasteiger partial charge in [-0.25, -0.2) is 4.79 Å². The van der Waals surface area contributed by atoms with E-state index in [4.69, 9.17) is 10.5 Å². The summed E-state index contributed by atoms with van der Waals surface area (Å²) in [7, 11) is 0. The maximum absolute atomic E-state index is 13.7. The van der Waals surface area contributed by atoms with Crippen molar-refractivity contribution in [1.82, 2.24) is 4.90 Å². The second kappa shape index (κ2) is 9.26. The van der Waals surface area contributed by atoms with Gasteiger partial charge in [-0.1, -0.05) is 19.8 Å². The lowest BCUT2D eigenvalue weighted by molar-refractivity contribution is -0.222. The van der Waals surface area contributed by atoms with Crippen molar-refractivity contribution in [2.75, 3.05) is 25.4 Å². The van der Waals surface area contributed by atoms with E-state index in [1.54, 1.807) is 0 Å². The fraction of sp³-hybridized carbons (Fsp3) is 0.632. The number of nitrogen functional groups attached to an aromatic ring is 1. The van der Waals surface area contributed by atoms with E-state index in [0.717, 1.165) is 32.4 Å². The Morgan fingerprint density at radius 2 is 1.81 bits per heavy atom. The zero-order valence-corrected chi connectivity index (χ0v) is 15.1. The third-order valence-electron chi connectivity index (χ3n) is 4.73.